The lowest BCUT2D eigenvalue weighted by Crippen LogP contribution is -2.51. The molecule has 3 aromatic carbocycles. The van der Waals surface area contributed by atoms with Crippen LogP contribution < -0.4 is 15.4 Å². The smallest absolute Gasteiger partial charge is 0.407 e. The molecule has 5 atom stereocenters. The summed E-state index contributed by atoms with van der Waals surface area (Å²) in [6.45, 7) is 11.5. The Bertz CT molecular complexity index is 2810. The Labute approximate surface area is 389 Å². The minimum atomic E-state index is -0.718. The van der Waals surface area contributed by atoms with E-state index in [1.807, 2.05) is 56.0 Å². The second-order valence-corrected chi connectivity index (χ2v) is 18.5. The number of alkyl carbamates (subject to hydrolysis) is 2. The van der Waals surface area contributed by atoms with Gasteiger partial charge in [-0.25, -0.2) is 19.6 Å². The minimum Gasteiger partial charge on any atom is -0.485 e. The van der Waals surface area contributed by atoms with E-state index in [0.29, 0.717) is 31.3 Å². The number of carbonyl (C=O) groups is 4. The van der Waals surface area contributed by atoms with Crippen LogP contribution in [0.25, 0.3) is 44.7 Å². The second-order valence-electron chi connectivity index (χ2n) is 18.5. The second kappa shape index (κ2) is 18.6. The molecular weight excluding hydrogens is 851 g/mol. The van der Waals surface area contributed by atoms with Crippen molar-refractivity contribution in [2.75, 3.05) is 27.3 Å². The number of fused-ring (bicyclic) bond motifs is 5. The molecule has 67 heavy (non-hydrogen) atoms. The van der Waals surface area contributed by atoms with Crippen molar-refractivity contribution in [3.8, 4) is 39.5 Å². The van der Waals surface area contributed by atoms with Crippen LogP contribution in [0.3, 0.4) is 0 Å². The van der Waals surface area contributed by atoms with Crippen molar-refractivity contribution in [2.24, 2.45) is 11.8 Å². The number of hydrogen-bond donors (Lipinski definition) is 4. The predicted molar refractivity (Wildman–Crippen MR) is 253 cm³/mol. The number of H-pyrrole nitrogens is 2. The van der Waals surface area contributed by atoms with Gasteiger partial charge in [0.15, 0.2) is 0 Å². The maximum absolute atomic E-state index is 13.8. The lowest BCUT2D eigenvalue weighted by atomic mass is 9.95. The average molecular weight is 910 g/mol. The summed E-state index contributed by atoms with van der Waals surface area (Å²) in [5.74, 6) is 1.59. The van der Waals surface area contributed by atoms with E-state index in [1.54, 1.807) is 0 Å². The Balaban J connectivity index is 1.03. The molecule has 2 saturated heterocycles. The summed E-state index contributed by atoms with van der Waals surface area (Å²) in [6, 6.07) is 21.2. The van der Waals surface area contributed by atoms with Gasteiger partial charge in [0.2, 0.25) is 11.8 Å². The number of nitrogens with one attached hydrogen (secondary N) is 4. The molecule has 3 aliphatic rings. The van der Waals surface area contributed by atoms with Gasteiger partial charge in [0, 0.05) is 52.8 Å². The molecular formula is C51H59N9O7. The third-order valence-corrected chi connectivity index (χ3v) is 13.5. The number of imidazole rings is 2. The number of hydrogen-bond acceptors (Lipinski definition) is 9. The summed E-state index contributed by atoms with van der Waals surface area (Å²) in [6.07, 6.45) is 5.24. The van der Waals surface area contributed by atoms with Crippen molar-refractivity contribution in [1.29, 1.82) is 0 Å². The summed E-state index contributed by atoms with van der Waals surface area (Å²) in [5.41, 5.74) is 8.91. The molecule has 9 rings (SSSR count). The summed E-state index contributed by atoms with van der Waals surface area (Å²) >= 11 is 0. The number of aromatic amines is 2. The topological polar surface area (TPSA) is 189 Å². The molecule has 2 fully saturated rings. The number of benzene rings is 3. The van der Waals surface area contributed by atoms with Crippen molar-refractivity contribution in [1.82, 2.24) is 44.9 Å². The highest BCUT2D eigenvalue weighted by Gasteiger charge is 2.39. The lowest BCUT2D eigenvalue weighted by molar-refractivity contribution is -0.136. The van der Waals surface area contributed by atoms with Gasteiger partial charge in [-0.3, -0.25) is 9.59 Å². The Kier molecular flexibility index (Phi) is 12.5. The van der Waals surface area contributed by atoms with Crippen molar-refractivity contribution >= 4 is 34.9 Å². The predicted octanol–water partition coefficient (Wildman–Crippen LogP) is 8.68. The number of amides is 4. The number of likely N-dealkylation sites (tertiary alicyclic amines) is 2. The fraction of sp³-hybridized carbons (Fsp3) is 0.412. The Morgan fingerprint density at radius 2 is 1.28 bits per heavy atom. The molecule has 0 bridgehead atoms. The first-order valence-corrected chi connectivity index (χ1v) is 23.3. The van der Waals surface area contributed by atoms with Crippen LogP contribution in [0.4, 0.5) is 9.59 Å². The van der Waals surface area contributed by atoms with E-state index in [0.717, 1.165) is 81.7 Å². The van der Waals surface area contributed by atoms with E-state index < -0.39 is 24.3 Å². The first kappa shape index (κ1) is 45.1. The highest BCUT2D eigenvalue weighted by molar-refractivity contribution is 5.97. The number of rotatable bonds is 12. The number of carbonyl (C=O) groups excluding carboxylic acids is 4. The van der Waals surface area contributed by atoms with E-state index in [4.69, 9.17) is 24.2 Å². The summed E-state index contributed by atoms with van der Waals surface area (Å²) < 4.78 is 18.8. The highest BCUT2D eigenvalue weighted by Crippen LogP contribution is 2.49. The molecule has 0 spiro atoms. The zero-order valence-corrected chi connectivity index (χ0v) is 39.1. The zero-order chi connectivity index (χ0) is 47.1. The van der Waals surface area contributed by atoms with Crippen molar-refractivity contribution in [2.45, 2.75) is 97.1 Å². The monoisotopic (exact) mass is 909 g/mol. The molecule has 16 nitrogen and oxygen atoms in total. The van der Waals surface area contributed by atoms with Crippen LogP contribution in [0.5, 0.6) is 5.75 Å². The fourth-order valence-electron chi connectivity index (χ4n) is 10.1. The van der Waals surface area contributed by atoms with Crippen molar-refractivity contribution < 1.29 is 33.4 Å². The minimum absolute atomic E-state index is 0.131. The third-order valence-electron chi connectivity index (χ3n) is 13.5. The maximum atomic E-state index is 13.8. The first-order chi connectivity index (χ1) is 32.3. The van der Waals surface area contributed by atoms with Gasteiger partial charge in [0.25, 0.3) is 0 Å². The van der Waals surface area contributed by atoms with Crippen LogP contribution in [0.2, 0.25) is 0 Å². The van der Waals surface area contributed by atoms with Gasteiger partial charge in [-0.1, -0.05) is 70.2 Å². The highest BCUT2D eigenvalue weighted by atomic mass is 16.5. The van der Waals surface area contributed by atoms with Crippen LogP contribution in [0.1, 0.15) is 101 Å². The van der Waals surface area contributed by atoms with Gasteiger partial charge in [-0.15, -0.1) is 0 Å². The van der Waals surface area contributed by atoms with E-state index in [9.17, 15) is 19.2 Å². The molecule has 1 unspecified atom stereocenters. The van der Waals surface area contributed by atoms with Gasteiger partial charge in [-0.05, 0) is 74.3 Å². The van der Waals surface area contributed by atoms with Gasteiger partial charge in [0.1, 0.15) is 35.6 Å². The Hall–Kier alpha value is -7.10. The van der Waals surface area contributed by atoms with Crippen LogP contribution >= 0.6 is 0 Å². The summed E-state index contributed by atoms with van der Waals surface area (Å²) in [7, 11) is 2.59. The van der Waals surface area contributed by atoms with Crippen molar-refractivity contribution in [3.05, 3.63) is 102 Å². The van der Waals surface area contributed by atoms with Crippen LogP contribution in [0.15, 0.2) is 79.1 Å². The molecule has 3 aliphatic heterocycles. The van der Waals surface area contributed by atoms with Crippen LogP contribution in [-0.4, -0.2) is 97.7 Å². The summed E-state index contributed by atoms with van der Waals surface area (Å²) in [5, 5.41) is 6.52. The van der Waals surface area contributed by atoms with E-state index in [-0.39, 0.29) is 41.8 Å². The molecule has 0 aliphatic carbocycles. The maximum Gasteiger partial charge on any atom is 0.407 e. The standard InChI is InChI=1S/C51H59N9O7/c1-28(2)43(56-50(63)65-6)48(61)58-21-11-15-39(58)46-52-25-36(54-46)32-18-20-38-35(23-32)42-30(5)67-41-24-33(17-19-34(41)45(42)60(38)27-31-13-9-8-10-14-31)37-26-53-47(55-37)40-16-12-22-59(40)49(62)44(29(3)4)57-51(64)66-7/h8-10,13-14,17-20,23-26,28-30,39-40,43-44H,11-12,15-16,21-22,27H2,1-7H3,(H,52,54)(H,53,55)(H,56,63)(H,57,64)/t30?,39-,40-,43-,44-/m0/s1. The molecule has 4 amide bonds. The fourth-order valence-corrected chi connectivity index (χ4v) is 10.1. The number of ether oxygens (including phenoxy) is 3. The lowest BCUT2D eigenvalue weighted by Gasteiger charge is -2.30. The van der Waals surface area contributed by atoms with E-state index in [2.05, 4.69) is 92.8 Å². The van der Waals surface area contributed by atoms with Gasteiger partial charge in [-0.2, -0.15) is 0 Å². The number of methoxy groups -OCH3 is 2. The SMILES string of the molecule is COC(=O)N[C@H](C(=O)N1CCC[C@H]1c1ncc(-c2ccc3c(c2)OC(C)c2c-3n(Cc3ccccc3)c3ccc(-c4cnc([C@@H]5CCCN5C(=O)[C@@H](NC(=O)OC)C(C)C)[nH]4)cc23)[nH]1)C(C)C. The molecule has 0 saturated carbocycles. The largest absolute Gasteiger partial charge is 0.485 e. The third kappa shape index (κ3) is 8.60. The van der Waals surface area contributed by atoms with Gasteiger partial charge >= 0.3 is 12.2 Å². The Morgan fingerprint density at radius 1 is 0.746 bits per heavy atom. The van der Waals surface area contributed by atoms with Crippen LogP contribution in [-0.2, 0) is 25.6 Å². The molecule has 0 radical (unpaired) electrons. The molecule has 350 valence electrons. The first-order valence-electron chi connectivity index (χ1n) is 23.3. The molecule has 4 N–H and O–H groups in total. The quantitative estimate of drug-likeness (QED) is 0.0932. The van der Waals surface area contributed by atoms with Gasteiger partial charge < -0.3 is 49.2 Å². The van der Waals surface area contributed by atoms with Gasteiger partial charge in [0.05, 0.1) is 55.8 Å². The molecule has 3 aromatic heterocycles. The van der Waals surface area contributed by atoms with E-state index in [1.165, 1.54) is 19.8 Å². The normalized spacial score (nSPS) is 18.7. The Morgan fingerprint density at radius 3 is 1.82 bits per heavy atom. The van der Waals surface area contributed by atoms with E-state index >= 15 is 0 Å². The average Bonchev–Trinajstić information content (AvgIpc) is 4.19. The summed E-state index contributed by atoms with van der Waals surface area (Å²) in [4.78, 5) is 72.2. The van der Waals surface area contributed by atoms with Crippen molar-refractivity contribution in [3.63, 3.8) is 0 Å². The van der Waals surface area contributed by atoms with Crippen LogP contribution in [0, 0.1) is 11.8 Å². The molecule has 6 aromatic rings. The molecule has 6 heterocycles. The number of aromatic nitrogens is 5. The zero-order valence-electron chi connectivity index (χ0n) is 39.1. The number of nitrogens with zero attached hydrogens (tertiary/aromatic N) is 5. The molecule has 16 heteroatoms.